The first-order valence-electron chi connectivity index (χ1n) is 6.43. The van der Waals surface area contributed by atoms with Crippen LogP contribution < -0.4 is 10.5 Å². The largest absolute Gasteiger partial charge is 0.484 e. The number of hydrogen-bond donors (Lipinski definition) is 1. The van der Waals surface area contributed by atoms with Gasteiger partial charge in [-0.1, -0.05) is 6.07 Å². The number of aryl methyl sites for hydroxylation is 2. The van der Waals surface area contributed by atoms with E-state index in [1.54, 1.807) is 23.0 Å². The fourth-order valence-electron chi connectivity index (χ4n) is 2.00. The molecular weight excluding hydrogens is 252 g/mol. The molecule has 2 atom stereocenters. The molecule has 2 rings (SSSR count). The lowest BCUT2D eigenvalue weighted by molar-refractivity contribution is 0.179. The van der Waals surface area contributed by atoms with Crippen molar-refractivity contribution in [2.75, 3.05) is 0 Å². The van der Waals surface area contributed by atoms with Gasteiger partial charge in [0.05, 0.1) is 17.8 Å². The van der Waals surface area contributed by atoms with Crippen molar-refractivity contribution in [3.05, 3.63) is 47.3 Å². The summed E-state index contributed by atoms with van der Waals surface area (Å²) in [7, 11) is 1.85. The lowest BCUT2D eigenvalue weighted by Crippen LogP contribution is -2.29. The molecule has 0 saturated carbocycles. The molecule has 104 valence electrons. The summed E-state index contributed by atoms with van der Waals surface area (Å²) >= 11 is 0. The van der Waals surface area contributed by atoms with Crippen LogP contribution in [0.5, 0.6) is 5.75 Å². The van der Waals surface area contributed by atoms with E-state index in [-0.39, 0.29) is 12.1 Å². The van der Waals surface area contributed by atoms with Gasteiger partial charge in [-0.2, -0.15) is 10.4 Å². The van der Waals surface area contributed by atoms with Crippen molar-refractivity contribution in [1.29, 1.82) is 5.26 Å². The SMILES string of the molecule is Cc1ccc(C#N)cc1OC(c1cnn(C)c1)C(C)N. The van der Waals surface area contributed by atoms with Crippen molar-refractivity contribution in [2.45, 2.75) is 26.0 Å². The molecule has 5 heteroatoms. The second kappa shape index (κ2) is 5.76. The number of nitriles is 1. The first kappa shape index (κ1) is 14.1. The number of rotatable bonds is 4. The van der Waals surface area contributed by atoms with Crippen LogP contribution in [0.1, 0.15) is 29.7 Å². The quantitative estimate of drug-likeness (QED) is 0.922. The van der Waals surface area contributed by atoms with Gasteiger partial charge in [-0.05, 0) is 31.5 Å². The van der Waals surface area contributed by atoms with Gasteiger partial charge in [0.25, 0.3) is 0 Å². The van der Waals surface area contributed by atoms with Gasteiger partial charge < -0.3 is 10.5 Å². The maximum absolute atomic E-state index is 8.97. The van der Waals surface area contributed by atoms with Crippen molar-refractivity contribution < 1.29 is 4.74 Å². The number of ether oxygens (including phenoxy) is 1. The Morgan fingerprint density at radius 3 is 2.75 bits per heavy atom. The van der Waals surface area contributed by atoms with Crippen LogP contribution in [0.3, 0.4) is 0 Å². The summed E-state index contributed by atoms with van der Waals surface area (Å²) in [5.41, 5.74) is 8.48. The molecule has 0 aliphatic carbocycles. The van der Waals surface area contributed by atoms with E-state index in [4.69, 9.17) is 15.7 Å². The van der Waals surface area contributed by atoms with Crippen LogP contribution in [-0.4, -0.2) is 15.8 Å². The van der Waals surface area contributed by atoms with Gasteiger partial charge in [-0.3, -0.25) is 4.68 Å². The highest BCUT2D eigenvalue weighted by Crippen LogP contribution is 2.27. The molecule has 20 heavy (non-hydrogen) atoms. The summed E-state index contributed by atoms with van der Waals surface area (Å²) in [4.78, 5) is 0. The van der Waals surface area contributed by atoms with Crippen molar-refractivity contribution in [2.24, 2.45) is 12.8 Å². The number of hydrogen-bond acceptors (Lipinski definition) is 4. The molecule has 0 aliphatic rings. The summed E-state index contributed by atoms with van der Waals surface area (Å²) in [6, 6.07) is 7.30. The molecule has 5 nitrogen and oxygen atoms in total. The van der Waals surface area contributed by atoms with Crippen molar-refractivity contribution in [3.63, 3.8) is 0 Å². The van der Waals surface area contributed by atoms with Crippen LogP contribution >= 0.6 is 0 Å². The Hall–Kier alpha value is -2.32. The lowest BCUT2D eigenvalue weighted by Gasteiger charge is -2.22. The van der Waals surface area contributed by atoms with E-state index < -0.39 is 0 Å². The Bertz CT molecular complexity index is 640. The zero-order chi connectivity index (χ0) is 14.7. The van der Waals surface area contributed by atoms with Crippen LogP contribution in [0, 0.1) is 18.3 Å². The van der Waals surface area contributed by atoms with E-state index in [0.29, 0.717) is 11.3 Å². The Morgan fingerprint density at radius 1 is 1.45 bits per heavy atom. The molecule has 0 amide bonds. The van der Waals surface area contributed by atoms with Crippen LogP contribution in [0.4, 0.5) is 0 Å². The van der Waals surface area contributed by atoms with E-state index in [2.05, 4.69) is 11.2 Å². The zero-order valence-corrected chi connectivity index (χ0v) is 11.9. The Balaban J connectivity index is 2.32. The predicted octanol–water partition coefficient (Wildman–Crippen LogP) is 2.07. The standard InChI is InChI=1S/C15H18N4O/c1-10-4-5-12(7-16)6-14(10)20-15(11(2)17)13-8-18-19(3)9-13/h4-6,8-9,11,15H,17H2,1-3H3. The summed E-state index contributed by atoms with van der Waals surface area (Å²) in [6.45, 7) is 3.83. The molecule has 0 radical (unpaired) electrons. The van der Waals surface area contributed by atoms with Crippen LogP contribution in [0.25, 0.3) is 0 Å². The number of nitrogens with two attached hydrogens (primary N) is 1. The molecule has 0 spiro atoms. The van der Waals surface area contributed by atoms with Crippen molar-refractivity contribution in [3.8, 4) is 11.8 Å². The first-order valence-corrected chi connectivity index (χ1v) is 6.43. The molecule has 1 aromatic carbocycles. The van der Waals surface area contributed by atoms with Gasteiger partial charge in [0.15, 0.2) is 0 Å². The fraction of sp³-hybridized carbons (Fsp3) is 0.333. The van der Waals surface area contributed by atoms with Gasteiger partial charge in [0, 0.05) is 24.8 Å². The monoisotopic (exact) mass is 270 g/mol. The predicted molar refractivity (Wildman–Crippen MR) is 76.1 cm³/mol. The number of benzene rings is 1. The van der Waals surface area contributed by atoms with Crippen LogP contribution in [-0.2, 0) is 7.05 Å². The maximum atomic E-state index is 8.97. The lowest BCUT2D eigenvalue weighted by atomic mass is 10.1. The third-order valence-electron chi connectivity index (χ3n) is 3.10. The van der Waals surface area contributed by atoms with Gasteiger partial charge in [-0.15, -0.1) is 0 Å². The average Bonchev–Trinajstić information content (AvgIpc) is 2.83. The van der Waals surface area contributed by atoms with E-state index in [0.717, 1.165) is 11.1 Å². The molecule has 0 aliphatic heterocycles. The fourth-order valence-corrected chi connectivity index (χ4v) is 2.00. The van der Waals surface area contributed by atoms with E-state index >= 15 is 0 Å². The number of aromatic nitrogens is 2. The topological polar surface area (TPSA) is 76.9 Å². The molecule has 2 unspecified atom stereocenters. The van der Waals surface area contributed by atoms with Gasteiger partial charge >= 0.3 is 0 Å². The minimum absolute atomic E-state index is 0.190. The minimum atomic E-state index is -0.295. The first-order chi connectivity index (χ1) is 9.51. The maximum Gasteiger partial charge on any atom is 0.141 e. The van der Waals surface area contributed by atoms with Crippen molar-refractivity contribution >= 4 is 0 Å². The number of nitrogens with zero attached hydrogens (tertiary/aromatic N) is 3. The molecule has 0 saturated heterocycles. The Kier molecular flexibility index (Phi) is 4.06. The molecule has 0 fully saturated rings. The highest BCUT2D eigenvalue weighted by Gasteiger charge is 2.20. The molecule has 2 aromatic rings. The molecular formula is C15H18N4O. The average molecular weight is 270 g/mol. The molecule has 0 bridgehead atoms. The highest BCUT2D eigenvalue weighted by atomic mass is 16.5. The summed E-state index contributed by atoms with van der Waals surface area (Å²) in [5, 5.41) is 13.1. The van der Waals surface area contributed by atoms with Crippen LogP contribution in [0.2, 0.25) is 0 Å². The Morgan fingerprint density at radius 2 is 2.20 bits per heavy atom. The van der Waals surface area contributed by atoms with E-state index in [1.807, 2.05) is 33.2 Å². The summed E-state index contributed by atoms with van der Waals surface area (Å²) in [6.07, 6.45) is 3.34. The summed E-state index contributed by atoms with van der Waals surface area (Å²) in [5.74, 6) is 0.676. The van der Waals surface area contributed by atoms with E-state index in [9.17, 15) is 0 Å². The second-order valence-corrected chi connectivity index (χ2v) is 4.94. The van der Waals surface area contributed by atoms with Gasteiger partial charge in [0.1, 0.15) is 11.9 Å². The molecule has 2 N–H and O–H groups in total. The van der Waals surface area contributed by atoms with Gasteiger partial charge in [0.2, 0.25) is 0 Å². The smallest absolute Gasteiger partial charge is 0.141 e. The van der Waals surface area contributed by atoms with Crippen LogP contribution in [0.15, 0.2) is 30.6 Å². The van der Waals surface area contributed by atoms with Crippen molar-refractivity contribution in [1.82, 2.24) is 9.78 Å². The normalized spacial score (nSPS) is 13.6. The highest BCUT2D eigenvalue weighted by molar-refractivity contribution is 5.42. The summed E-state index contributed by atoms with van der Waals surface area (Å²) < 4.78 is 7.73. The van der Waals surface area contributed by atoms with Gasteiger partial charge in [-0.25, -0.2) is 0 Å². The third kappa shape index (κ3) is 2.98. The Labute approximate surface area is 118 Å². The minimum Gasteiger partial charge on any atom is -0.484 e. The zero-order valence-electron chi connectivity index (χ0n) is 11.9. The molecule has 1 aromatic heterocycles. The third-order valence-corrected chi connectivity index (χ3v) is 3.10. The second-order valence-electron chi connectivity index (χ2n) is 4.94. The van der Waals surface area contributed by atoms with E-state index in [1.165, 1.54) is 0 Å². The molecule has 1 heterocycles.